The summed E-state index contributed by atoms with van der Waals surface area (Å²) in [6.07, 6.45) is 2.62. The van der Waals surface area contributed by atoms with Crippen LogP contribution in [0.2, 0.25) is 0 Å². The van der Waals surface area contributed by atoms with Crippen molar-refractivity contribution < 1.29 is 19.0 Å². The lowest BCUT2D eigenvalue weighted by atomic mass is 9.82. The van der Waals surface area contributed by atoms with Crippen LogP contribution in [0.15, 0.2) is 0 Å². The van der Waals surface area contributed by atoms with Crippen molar-refractivity contribution in [1.29, 1.82) is 0 Å². The summed E-state index contributed by atoms with van der Waals surface area (Å²) < 4.78 is 16.0. The van der Waals surface area contributed by atoms with Crippen LogP contribution in [-0.2, 0) is 19.0 Å². The van der Waals surface area contributed by atoms with E-state index in [4.69, 9.17) is 19.9 Å². The molecule has 0 aromatic carbocycles. The van der Waals surface area contributed by atoms with E-state index in [1.807, 2.05) is 4.90 Å². The average molecular weight is 316 g/mol. The Kier molecular flexibility index (Phi) is 9.63. The van der Waals surface area contributed by atoms with E-state index < -0.39 is 0 Å². The van der Waals surface area contributed by atoms with E-state index in [9.17, 15) is 4.79 Å². The van der Waals surface area contributed by atoms with Gasteiger partial charge in [0.25, 0.3) is 0 Å². The number of nitrogens with zero attached hydrogens (tertiary/aromatic N) is 1. The smallest absolute Gasteiger partial charge is 0.224 e. The lowest BCUT2D eigenvalue weighted by Crippen LogP contribution is -2.41. The number of carbonyl (C=O) groups is 1. The molecule has 1 fully saturated rings. The molecule has 1 rings (SSSR count). The first-order chi connectivity index (χ1) is 10.5. The number of hydrogen-bond donors (Lipinski definition) is 1. The molecule has 0 unspecified atom stereocenters. The van der Waals surface area contributed by atoms with Crippen molar-refractivity contribution in [2.45, 2.75) is 33.1 Å². The van der Waals surface area contributed by atoms with Gasteiger partial charge in [-0.15, -0.1) is 0 Å². The van der Waals surface area contributed by atoms with Crippen LogP contribution in [0.4, 0.5) is 0 Å². The number of ether oxygens (including phenoxy) is 3. The van der Waals surface area contributed by atoms with Crippen molar-refractivity contribution in [3.63, 3.8) is 0 Å². The van der Waals surface area contributed by atoms with Crippen LogP contribution in [0.5, 0.6) is 0 Å². The summed E-state index contributed by atoms with van der Waals surface area (Å²) in [5.41, 5.74) is 5.67. The van der Waals surface area contributed by atoms with Crippen molar-refractivity contribution >= 4 is 5.91 Å². The molecule has 6 heteroatoms. The zero-order valence-electron chi connectivity index (χ0n) is 14.1. The molecule has 0 atom stereocenters. The topological polar surface area (TPSA) is 74.0 Å². The Balaban J connectivity index is 1.91. The molecule has 0 bridgehead atoms. The van der Waals surface area contributed by atoms with Crippen molar-refractivity contribution in [1.82, 2.24) is 4.90 Å². The molecule has 1 aliphatic rings. The highest BCUT2D eigenvalue weighted by Crippen LogP contribution is 2.29. The van der Waals surface area contributed by atoms with Gasteiger partial charge in [0.15, 0.2) is 0 Å². The van der Waals surface area contributed by atoms with Gasteiger partial charge < -0.3 is 24.8 Å². The van der Waals surface area contributed by atoms with Crippen LogP contribution >= 0.6 is 0 Å². The summed E-state index contributed by atoms with van der Waals surface area (Å²) in [5, 5.41) is 0. The van der Waals surface area contributed by atoms with Gasteiger partial charge in [-0.1, -0.05) is 13.8 Å². The Hall–Kier alpha value is -0.690. The van der Waals surface area contributed by atoms with Gasteiger partial charge in [-0.2, -0.15) is 0 Å². The predicted molar refractivity (Wildman–Crippen MR) is 85.7 cm³/mol. The van der Waals surface area contributed by atoms with E-state index in [0.717, 1.165) is 25.9 Å². The molecule has 0 radical (unpaired) electrons. The summed E-state index contributed by atoms with van der Waals surface area (Å²) in [6.45, 7) is 9.97. The van der Waals surface area contributed by atoms with Crippen LogP contribution in [0, 0.1) is 5.41 Å². The minimum Gasteiger partial charge on any atom is -0.379 e. The van der Waals surface area contributed by atoms with Crippen LogP contribution in [-0.4, -0.2) is 70.1 Å². The molecular weight excluding hydrogens is 284 g/mol. The van der Waals surface area contributed by atoms with E-state index in [-0.39, 0.29) is 5.91 Å². The Morgan fingerprint density at radius 1 is 0.955 bits per heavy atom. The second kappa shape index (κ2) is 10.9. The molecule has 2 N–H and O–H groups in total. The minimum atomic E-state index is 0.201. The average Bonchev–Trinajstić information content (AvgIpc) is 2.49. The molecule has 0 aliphatic carbocycles. The Morgan fingerprint density at radius 2 is 1.45 bits per heavy atom. The third-order valence-corrected chi connectivity index (χ3v) is 3.94. The van der Waals surface area contributed by atoms with Crippen LogP contribution < -0.4 is 5.73 Å². The van der Waals surface area contributed by atoms with Crippen LogP contribution in [0.1, 0.15) is 33.1 Å². The number of piperidine rings is 1. The highest BCUT2D eigenvalue weighted by Gasteiger charge is 2.27. The second-order valence-electron chi connectivity index (χ2n) is 6.42. The first-order valence-electron chi connectivity index (χ1n) is 8.26. The van der Waals surface area contributed by atoms with E-state index in [2.05, 4.69) is 13.8 Å². The molecular formula is C16H32N2O4. The highest BCUT2D eigenvalue weighted by atomic mass is 16.5. The molecule has 22 heavy (non-hydrogen) atoms. The van der Waals surface area contributed by atoms with Gasteiger partial charge in [-0.25, -0.2) is 0 Å². The maximum atomic E-state index is 12.0. The van der Waals surface area contributed by atoms with Gasteiger partial charge in [0.2, 0.25) is 5.91 Å². The third kappa shape index (κ3) is 8.68. The Morgan fingerprint density at radius 3 is 2.00 bits per heavy atom. The summed E-state index contributed by atoms with van der Waals surface area (Å²) in [5.74, 6) is 0.201. The normalized spacial score (nSPS) is 17.7. The van der Waals surface area contributed by atoms with E-state index >= 15 is 0 Å². The third-order valence-electron chi connectivity index (χ3n) is 3.94. The van der Waals surface area contributed by atoms with Crippen LogP contribution in [0.3, 0.4) is 0 Å². The number of rotatable bonds is 11. The Labute approximate surface area is 134 Å². The fourth-order valence-corrected chi connectivity index (χ4v) is 2.30. The lowest BCUT2D eigenvalue weighted by Gasteiger charge is -2.37. The first-order valence-corrected chi connectivity index (χ1v) is 8.26. The quantitative estimate of drug-likeness (QED) is 0.576. The van der Waals surface area contributed by atoms with Crippen molar-refractivity contribution in [3.05, 3.63) is 0 Å². The van der Waals surface area contributed by atoms with Gasteiger partial charge in [0.1, 0.15) is 0 Å². The fraction of sp³-hybridized carbons (Fsp3) is 0.938. The van der Waals surface area contributed by atoms with Gasteiger partial charge in [0, 0.05) is 19.6 Å². The maximum Gasteiger partial charge on any atom is 0.224 e. The number of carbonyl (C=O) groups excluding carboxylic acids is 1. The Bertz CT molecular complexity index is 301. The van der Waals surface area contributed by atoms with E-state index in [1.54, 1.807) is 0 Å². The van der Waals surface area contributed by atoms with Crippen LogP contribution in [0.25, 0.3) is 0 Å². The zero-order valence-corrected chi connectivity index (χ0v) is 14.1. The summed E-state index contributed by atoms with van der Waals surface area (Å²) in [7, 11) is 0. The lowest BCUT2D eigenvalue weighted by molar-refractivity contribution is -0.134. The largest absolute Gasteiger partial charge is 0.379 e. The van der Waals surface area contributed by atoms with Crippen molar-refractivity contribution in [3.8, 4) is 0 Å². The molecule has 1 saturated heterocycles. The second-order valence-corrected chi connectivity index (χ2v) is 6.42. The first kappa shape index (κ1) is 19.4. The zero-order chi connectivity index (χ0) is 16.3. The molecule has 1 aliphatic heterocycles. The summed E-state index contributed by atoms with van der Waals surface area (Å²) >= 11 is 0. The molecule has 0 saturated carbocycles. The SMILES string of the molecule is CC1(C)CCN(C(=O)CCOCCOCCOCCN)CC1. The molecule has 0 aromatic heterocycles. The number of nitrogens with two attached hydrogens (primary N) is 1. The molecule has 130 valence electrons. The van der Waals surface area contributed by atoms with E-state index in [1.165, 1.54) is 0 Å². The molecule has 1 amide bonds. The van der Waals surface area contributed by atoms with Gasteiger partial charge in [0.05, 0.1) is 46.1 Å². The van der Waals surface area contributed by atoms with Gasteiger partial charge in [-0.3, -0.25) is 4.79 Å². The molecule has 1 heterocycles. The predicted octanol–water partition coefficient (Wildman–Crippen LogP) is 1.03. The molecule has 0 aromatic rings. The maximum absolute atomic E-state index is 12.0. The van der Waals surface area contributed by atoms with E-state index in [0.29, 0.717) is 58.0 Å². The van der Waals surface area contributed by atoms with Crippen molar-refractivity contribution in [2.75, 3.05) is 59.3 Å². The highest BCUT2D eigenvalue weighted by molar-refractivity contribution is 5.76. The minimum absolute atomic E-state index is 0.201. The number of amides is 1. The van der Waals surface area contributed by atoms with Gasteiger partial charge in [-0.05, 0) is 18.3 Å². The standard InChI is InChI=1S/C16H32N2O4/c1-16(2)4-7-18(8-5-16)15(19)3-9-20-11-13-22-14-12-21-10-6-17/h3-14,17H2,1-2H3. The van der Waals surface area contributed by atoms with Gasteiger partial charge >= 0.3 is 0 Å². The number of likely N-dealkylation sites (tertiary alicyclic amines) is 1. The monoisotopic (exact) mass is 316 g/mol. The van der Waals surface area contributed by atoms with Crippen molar-refractivity contribution in [2.24, 2.45) is 11.1 Å². The fourth-order valence-electron chi connectivity index (χ4n) is 2.30. The molecule has 0 spiro atoms. The summed E-state index contributed by atoms with van der Waals surface area (Å²) in [4.78, 5) is 14.0. The molecule has 6 nitrogen and oxygen atoms in total. The summed E-state index contributed by atoms with van der Waals surface area (Å²) in [6, 6.07) is 0. The number of hydrogen-bond acceptors (Lipinski definition) is 5.